The van der Waals surface area contributed by atoms with Crippen molar-refractivity contribution < 1.29 is 4.39 Å². The zero-order valence-electron chi connectivity index (χ0n) is 10.8. The van der Waals surface area contributed by atoms with Gasteiger partial charge in [0.05, 0.1) is 18.1 Å². The first-order valence-corrected chi connectivity index (χ1v) is 6.41. The highest BCUT2D eigenvalue weighted by Crippen LogP contribution is 2.35. The Morgan fingerprint density at radius 1 is 1.47 bits per heavy atom. The number of aromatic nitrogens is 2. The van der Waals surface area contributed by atoms with Crippen LogP contribution in [-0.4, -0.2) is 34.5 Å². The van der Waals surface area contributed by atoms with Crippen LogP contribution in [-0.2, 0) is 6.42 Å². The molecule has 4 nitrogen and oxygen atoms in total. The van der Waals surface area contributed by atoms with Crippen LogP contribution < -0.4 is 5.73 Å². The fourth-order valence-corrected chi connectivity index (χ4v) is 2.83. The summed E-state index contributed by atoms with van der Waals surface area (Å²) in [6.45, 7) is 0.542. The minimum atomic E-state index is -0.203. The number of nitrogens with one attached hydrogen (secondary N) is 1. The van der Waals surface area contributed by atoms with E-state index in [1.54, 1.807) is 12.4 Å². The predicted molar refractivity (Wildman–Crippen MR) is 71.1 cm³/mol. The Morgan fingerprint density at radius 2 is 2.26 bits per heavy atom. The molecule has 0 amide bonds. The summed E-state index contributed by atoms with van der Waals surface area (Å²) in [7, 11) is 1.98. The highest BCUT2D eigenvalue weighted by molar-refractivity contribution is 5.34. The molecular weight excluding hydrogens is 243 g/mol. The summed E-state index contributed by atoms with van der Waals surface area (Å²) >= 11 is 0. The molecule has 2 atom stereocenters. The number of rotatable bonds is 2. The summed E-state index contributed by atoms with van der Waals surface area (Å²) < 4.78 is 14.1. The van der Waals surface area contributed by atoms with Crippen LogP contribution in [0.2, 0.25) is 0 Å². The lowest BCUT2D eigenvalue weighted by Crippen LogP contribution is -2.46. The SMILES string of the molecule is CN1C(CN)Cc2[nH]cnc2C1c1ccccc1F. The Kier molecular flexibility index (Phi) is 3.08. The third kappa shape index (κ3) is 1.95. The second-order valence-corrected chi connectivity index (χ2v) is 4.95. The lowest BCUT2D eigenvalue weighted by Gasteiger charge is -2.38. The summed E-state index contributed by atoms with van der Waals surface area (Å²) in [6, 6.07) is 6.87. The minimum absolute atomic E-state index is 0.176. The van der Waals surface area contributed by atoms with E-state index in [2.05, 4.69) is 14.9 Å². The Labute approximate surface area is 111 Å². The van der Waals surface area contributed by atoms with Gasteiger partial charge in [0.2, 0.25) is 0 Å². The van der Waals surface area contributed by atoms with E-state index in [-0.39, 0.29) is 17.9 Å². The van der Waals surface area contributed by atoms with Gasteiger partial charge >= 0.3 is 0 Å². The molecule has 0 aliphatic carbocycles. The van der Waals surface area contributed by atoms with Crippen LogP contribution in [0.5, 0.6) is 0 Å². The molecular formula is C14H17FN4. The molecule has 0 fully saturated rings. The monoisotopic (exact) mass is 260 g/mol. The Hall–Kier alpha value is -1.72. The predicted octanol–water partition coefficient (Wildman–Crippen LogP) is 1.45. The Balaban J connectivity index is 2.11. The van der Waals surface area contributed by atoms with Crippen molar-refractivity contribution >= 4 is 0 Å². The molecule has 5 heteroatoms. The molecule has 2 heterocycles. The van der Waals surface area contributed by atoms with Crippen LogP contribution in [0, 0.1) is 5.82 Å². The maximum atomic E-state index is 14.1. The number of fused-ring (bicyclic) bond motifs is 1. The van der Waals surface area contributed by atoms with Crippen LogP contribution in [0.1, 0.15) is 23.0 Å². The number of imidazole rings is 1. The van der Waals surface area contributed by atoms with Gasteiger partial charge in [0, 0.05) is 30.3 Å². The molecule has 3 N–H and O–H groups in total. The molecule has 0 spiro atoms. The molecule has 100 valence electrons. The van der Waals surface area contributed by atoms with E-state index in [1.807, 2.05) is 19.2 Å². The van der Waals surface area contributed by atoms with Gasteiger partial charge in [0.15, 0.2) is 0 Å². The van der Waals surface area contributed by atoms with E-state index < -0.39 is 0 Å². The van der Waals surface area contributed by atoms with Crippen molar-refractivity contribution in [2.75, 3.05) is 13.6 Å². The summed E-state index contributed by atoms with van der Waals surface area (Å²) in [6.07, 6.45) is 2.50. The molecule has 1 aromatic carbocycles. The van der Waals surface area contributed by atoms with Gasteiger partial charge in [0.1, 0.15) is 5.82 Å². The fourth-order valence-electron chi connectivity index (χ4n) is 2.83. The lowest BCUT2D eigenvalue weighted by molar-refractivity contribution is 0.177. The summed E-state index contributed by atoms with van der Waals surface area (Å²) in [5.41, 5.74) is 8.44. The summed E-state index contributed by atoms with van der Waals surface area (Å²) in [5, 5.41) is 0. The highest BCUT2D eigenvalue weighted by atomic mass is 19.1. The Morgan fingerprint density at radius 3 is 3.00 bits per heavy atom. The number of aromatic amines is 1. The largest absolute Gasteiger partial charge is 0.348 e. The van der Waals surface area contributed by atoms with Crippen LogP contribution in [0.4, 0.5) is 4.39 Å². The summed E-state index contributed by atoms with van der Waals surface area (Å²) in [4.78, 5) is 9.63. The lowest BCUT2D eigenvalue weighted by atomic mass is 9.91. The molecule has 0 radical (unpaired) electrons. The molecule has 3 rings (SSSR count). The maximum absolute atomic E-state index is 14.1. The van der Waals surface area contributed by atoms with Crippen molar-refractivity contribution in [2.45, 2.75) is 18.5 Å². The van der Waals surface area contributed by atoms with Crippen LogP contribution in [0.15, 0.2) is 30.6 Å². The number of nitrogens with zero attached hydrogens (tertiary/aromatic N) is 2. The van der Waals surface area contributed by atoms with E-state index in [1.165, 1.54) is 6.07 Å². The average Bonchev–Trinajstić information content (AvgIpc) is 2.87. The smallest absolute Gasteiger partial charge is 0.128 e. The van der Waals surface area contributed by atoms with E-state index >= 15 is 0 Å². The van der Waals surface area contributed by atoms with Crippen molar-refractivity contribution in [3.63, 3.8) is 0 Å². The maximum Gasteiger partial charge on any atom is 0.128 e. The van der Waals surface area contributed by atoms with Crippen molar-refractivity contribution in [2.24, 2.45) is 5.73 Å². The fraction of sp³-hybridized carbons (Fsp3) is 0.357. The first-order valence-electron chi connectivity index (χ1n) is 6.41. The average molecular weight is 260 g/mol. The molecule has 1 aliphatic rings. The van der Waals surface area contributed by atoms with Gasteiger partial charge in [-0.3, -0.25) is 4.90 Å². The molecule has 1 aromatic heterocycles. The number of halogens is 1. The van der Waals surface area contributed by atoms with Crippen molar-refractivity contribution in [1.82, 2.24) is 14.9 Å². The number of hydrogen-bond acceptors (Lipinski definition) is 3. The summed E-state index contributed by atoms with van der Waals surface area (Å²) in [5.74, 6) is -0.203. The zero-order valence-corrected chi connectivity index (χ0v) is 10.8. The molecule has 0 saturated carbocycles. The Bertz CT molecular complexity index is 580. The van der Waals surface area contributed by atoms with E-state index in [9.17, 15) is 4.39 Å². The standard InChI is InChI=1S/C14H17FN4/c1-19-9(7-16)6-12-13(18-8-17-12)14(19)10-4-2-3-5-11(10)15/h2-5,8-9,14H,6-7,16H2,1H3,(H,17,18). The number of benzene rings is 1. The van der Waals surface area contributed by atoms with E-state index in [0.29, 0.717) is 12.1 Å². The second-order valence-electron chi connectivity index (χ2n) is 4.95. The van der Waals surface area contributed by atoms with Crippen LogP contribution >= 0.6 is 0 Å². The number of likely N-dealkylation sites (N-methyl/N-ethyl adjacent to an activating group) is 1. The van der Waals surface area contributed by atoms with Crippen molar-refractivity contribution in [3.8, 4) is 0 Å². The molecule has 19 heavy (non-hydrogen) atoms. The van der Waals surface area contributed by atoms with Gasteiger partial charge in [-0.25, -0.2) is 9.37 Å². The topological polar surface area (TPSA) is 57.9 Å². The van der Waals surface area contributed by atoms with Gasteiger partial charge in [0.25, 0.3) is 0 Å². The molecule has 0 saturated heterocycles. The third-order valence-corrected chi connectivity index (χ3v) is 3.91. The van der Waals surface area contributed by atoms with E-state index in [4.69, 9.17) is 5.73 Å². The molecule has 1 aliphatic heterocycles. The minimum Gasteiger partial charge on any atom is -0.348 e. The van der Waals surface area contributed by atoms with Crippen LogP contribution in [0.25, 0.3) is 0 Å². The van der Waals surface area contributed by atoms with Crippen LogP contribution in [0.3, 0.4) is 0 Å². The van der Waals surface area contributed by atoms with Gasteiger partial charge in [-0.1, -0.05) is 18.2 Å². The first kappa shape index (κ1) is 12.3. The van der Waals surface area contributed by atoms with Gasteiger partial charge in [-0.15, -0.1) is 0 Å². The first-order chi connectivity index (χ1) is 9.22. The number of hydrogen-bond donors (Lipinski definition) is 2. The third-order valence-electron chi connectivity index (χ3n) is 3.91. The second kappa shape index (κ2) is 4.75. The van der Waals surface area contributed by atoms with Gasteiger partial charge in [-0.05, 0) is 13.1 Å². The zero-order chi connectivity index (χ0) is 13.4. The molecule has 0 bridgehead atoms. The van der Waals surface area contributed by atoms with Gasteiger partial charge in [-0.2, -0.15) is 0 Å². The number of H-pyrrole nitrogens is 1. The van der Waals surface area contributed by atoms with E-state index in [0.717, 1.165) is 17.8 Å². The highest BCUT2D eigenvalue weighted by Gasteiger charge is 2.35. The normalized spacial score (nSPS) is 23.3. The number of nitrogens with two attached hydrogens (primary N) is 1. The van der Waals surface area contributed by atoms with Crippen molar-refractivity contribution in [1.29, 1.82) is 0 Å². The van der Waals surface area contributed by atoms with Gasteiger partial charge < -0.3 is 10.7 Å². The molecule has 2 unspecified atom stereocenters. The van der Waals surface area contributed by atoms with Crippen molar-refractivity contribution in [3.05, 3.63) is 53.4 Å². The molecule has 2 aromatic rings. The quantitative estimate of drug-likeness (QED) is 0.859.